The fourth-order valence-electron chi connectivity index (χ4n) is 0.879. The molecule has 0 rings (SSSR count). The highest BCUT2D eigenvalue weighted by Gasteiger charge is 2.08. The fraction of sp³-hybridized carbons (Fsp3) is 0.750. The van der Waals surface area contributed by atoms with E-state index < -0.39 is 6.17 Å². The van der Waals surface area contributed by atoms with Gasteiger partial charge in [-0.15, -0.1) is 0 Å². The molecule has 0 aliphatic carbocycles. The van der Waals surface area contributed by atoms with Crippen LogP contribution in [0.1, 0.15) is 26.7 Å². The van der Waals surface area contributed by atoms with Crippen molar-refractivity contribution in [3.05, 3.63) is 12.3 Å². The zero-order chi connectivity index (χ0) is 8.15. The number of rotatable bonds is 4. The summed E-state index contributed by atoms with van der Waals surface area (Å²) in [6.45, 7) is 7.42. The molecule has 0 bridgehead atoms. The number of allylic oxidation sites excluding steroid dienone is 1. The van der Waals surface area contributed by atoms with Crippen LogP contribution in [0, 0.1) is 5.92 Å². The van der Waals surface area contributed by atoms with E-state index in [4.69, 9.17) is 5.73 Å². The van der Waals surface area contributed by atoms with Gasteiger partial charge in [0.1, 0.15) is 6.17 Å². The Labute approximate surface area is 62.1 Å². The molecule has 1 nitrogen and oxygen atoms in total. The summed E-state index contributed by atoms with van der Waals surface area (Å²) in [7, 11) is 0. The number of hydrogen-bond donors (Lipinski definition) is 1. The molecule has 1 atom stereocenters. The lowest BCUT2D eigenvalue weighted by Gasteiger charge is -2.09. The normalized spacial score (nSPS) is 13.6. The molecule has 0 radical (unpaired) electrons. The van der Waals surface area contributed by atoms with Crippen molar-refractivity contribution in [2.24, 2.45) is 11.7 Å². The highest BCUT2D eigenvalue weighted by Crippen LogP contribution is 2.12. The molecule has 0 aromatic rings. The molecule has 0 spiro atoms. The maximum atomic E-state index is 12.8. The second-order valence-corrected chi connectivity index (χ2v) is 3.09. The average Bonchev–Trinajstić information content (AvgIpc) is 1.58. The summed E-state index contributed by atoms with van der Waals surface area (Å²) in [5, 5.41) is 0. The molecule has 2 heteroatoms. The second-order valence-electron chi connectivity index (χ2n) is 3.09. The van der Waals surface area contributed by atoms with Crippen molar-refractivity contribution in [1.29, 1.82) is 0 Å². The van der Waals surface area contributed by atoms with Gasteiger partial charge in [0.15, 0.2) is 0 Å². The lowest BCUT2D eigenvalue weighted by Crippen LogP contribution is -2.09. The third kappa shape index (κ3) is 5.60. The molecular weight excluding hydrogens is 129 g/mol. The summed E-state index contributed by atoms with van der Waals surface area (Å²) in [5.41, 5.74) is 5.67. The molecule has 0 aliphatic heterocycles. The van der Waals surface area contributed by atoms with Gasteiger partial charge in [0.25, 0.3) is 0 Å². The molecule has 0 amide bonds. The van der Waals surface area contributed by atoms with Gasteiger partial charge in [-0.25, -0.2) is 4.39 Å². The number of halogens is 1. The molecule has 0 aromatic carbocycles. The molecule has 2 N–H and O–H groups in total. The predicted octanol–water partition coefficient (Wildman–Crippen LogP) is 2.23. The van der Waals surface area contributed by atoms with Crippen molar-refractivity contribution in [2.45, 2.75) is 32.9 Å². The first-order chi connectivity index (χ1) is 4.52. The smallest absolute Gasteiger partial charge is 0.106 e. The van der Waals surface area contributed by atoms with Gasteiger partial charge in [-0.3, -0.25) is 0 Å². The van der Waals surface area contributed by atoms with Gasteiger partial charge in [0.2, 0.25) is 0 Å². The number of alkyl halides is 1. The molecule has 0 saturated carbocycles. The van der Waals surface area contributed by atoms with Gasteiger partial charge >= 0.3 is 0 Å². The quantitative estimate of drug-likeness (QED) is 0.645. The minimum atomic E-state index is -0.808. The Bertz CT molecular complexity index is 110. The van der Waals surface area contributed by atoms with E-state index in [1.807, 2.05) is 13.8 Å². The van der Waals surface area contributed by atoms with Crippen LogP contribution in [-0.4, -0.2) is 6.17 Å². The van der Waals surface area contributed by atoms with Crippen LogP contribution < -0.4 is 5.73 Å². The van der Waals surface area contributed by atoms with Gasteiger partial charge < -0.3 is 5.73 Å². The number of hydrogen-bond acceptors (Lipinski definition) is 1. The molecule has 60 valence electrons. The van der Waals surface area contributed by atoms with Crippen molar-refractivity contribution in [1.82, 2.24) is 0 Å². The standard InChI is InChI=1S/C8H16FN/c1-6(2)4-8(9)5-7(3)10/h6,8H,3-5,10H2,1-2H3. The predicted molar refractivity (Wildman–Crippen MR) is 42.3 cm³/mol. The Morgan fingerprint density at radius 2 is 2.10 bits per heavy atom. The van der Waals surface area contributed by atoms with Gasteiger partial charge in [-0.2, -0.15) is 0 Å². The first kappa shape index (κ1) is 9.47. The van der Waals surface area contributed by atoms with E-state index in [1.165, 1.54) is 0 Å². The third-order valence-electron chi connectivity index (χ3n) is 1.21. The van der Waals surface area contributed by atoms with Crippen LogP contribution in [0.5, 0.6) is 0 Å². The Kier molecular flexibility index (Phi) is 4.08. The first-order valence-electron chi connectivity index (χ1n) is 3.59. The topological polar surface area (TPSA) is 26.0 Å². The molecule has 1 unspecified atom stereocenters. The monoisotopic (exact) mass is 145 g/mol. The Balaban J connectivity index is 3.43. The Hall–Kier alpha value is -0.530. The maximum Gasteiger partial charge on any atom is 0.106 e. The minimum Gasteiger partial charge on any atom is -0.402 e. The van der Waals surface area contributed by atoms with E-state index in [-0.39, 0.29) is 0 Å². The molecule has 0 saturated heterocycles. The van der Waals surface area contributed by atoms with Gasteiger partial charge in [-0.1, -0.05) is 20.4 Å². The van der Waals surface area contributed by atoms with Crippen LogP contribution in [-0.2, 0) is 0 Å². The van der Waals surface area contributed by atoms with Gasteiger partial charge in [-0.05, 0) is 12.3 Å². The zero-order valence-corrected chi connectivity index (χ0v) is 6.73. The highest BCUT2D eigenvalue weighted by atomic mass is 19.1. The molecular formula is C8H16FN. The van der Waals surface area contributed by atoms with Gasteiger partial charge in [0.05, 0.1) is 0 Å². The van der Waals surface area contributed by atoms with Crippen LogP contribution in [0.15, 0.2) is 12.3 Å². The Morgan fingerprint density at radius 1 is 1.60 bits per heavy atom. The summed E-state index contributed by atoms with van der Waals surface area (Å²) >= 11 is 0. The highest BCUT2D eigenvalue weighted by molar-refractivity contribution is 4.88. The lowest BCUT2D eigenvalue weighted by atomic mass is 10.0. The lowest BCUT2D eigenvalue weighted by molar-refractivity contribution is 0.280. The molecule has 10 heavy (non-hydrogen) atoms. The molecule has 0 heterocycles. The van der Waals surface area contributed by atoms with Crippen molar-refractivity contribution in [3.63, 3.8) is 0 Å². The SMILES string of the molecule is C=C(N)CC(F)CC(C)C. The zero-order valence-electron chi connectivity index (χ0n) is 6.73. The van der Waals surface area contributed by atoms with E-state index in [0.717, 1.165) is 0 Å². The van der Waals surface area contributed by atoms with Crippen LogP contribution in [0.4, 0.5) is 4.39 Å². The minimum absolute atomic E-state index is 0.304. The molecule has 0 fully saturated rings. The average molecular weight is 145 g/mol. The van der Waals surface area contributed by atoms with E-state index in [9.17, 15) is 4.39 Å². The molecule has 0 aliphatic rings. The first-order valence-corrected chi connectivity index (χ1v) is 3.59. The van der Waals surface area contributed by atoms with E-state index in [2.05, 4.69) is 6.58 Å². The van der Waals surface area contributed by atoms with Crippen molar-refractivity contribution >= 4 is 0 Å². The van der Waals surface area contributed by atoms with Gasteiger partial charge in [0, 0.05) is 12.1 Å². The van der Waals surface area contributed by atoms with Crippen LogP contribution >= 0.6 is 0 Å². The van der Waals surface area contributed by atoms with Crippen molar-refractivity contribution < 1.29 is 4.39 Å². The van der Waals surface area contributed by atoms with Crippen molar-refractivity contribution in [3.8, 4) is 0 Å². The largest absolute Gasteiger partial charge is 0.402 e. The third-order valence-corrected chi connectivity index (χ3v) is 1.21. The maximum absolute atomic E-state index is 12.8. The number of nitrogens with two attached hydrogens (primary N) is 1. The summed E-state index contributed by atoms with van der Waals surface area (Å²) < 4.78 is 12.8. The van der Waals surface area contributed by atoms with Crippen molar-refractivity contribution in [2.75, 3.05) is 0 Å². The van der Waals surface area contributed by atoms with Crippen LogP contribution in [0.2, 0.25) is 0 Å². The summed E-state index contributed by atoms with van der Waals surface area (Å²) in [6, 6.07) is 0. The summed E-state index contributed by atoms with van der Waals surface area (Å²) in [6.07, 6.45) is 0.0755. The van der Waals surface area contributed by atoms with Crippen LogP contribution in [0.25, 0.3) is 0 Å². The van der Waals surface area contributed by atoms with E-state index in [1.54, 1.807) is 0 Å². The van der Waals surface area contributed by atoms with Crippen LogP contribution in [0.3, 0.4) is 0 Å². The Morgan fingerprint density at radius 3 is 2.40 bits per heavy atom. The van der Waals surface area contributed by atoms with E-state index >= 15 is 0 Å². The molecule has 0 aromatic heterocycles. The second kappa shape index (κ2) is 4.31. The van der Waals surface area contributed by atoms with E-state index in [0.29, 0.717) is 24.5 Å². The summed E-state index contributed by atoms with van der Waals surface area (Å²) in [5.74, 6) is 0.398. The fourth-order valence-corrected chi connectivity index (χ4v) is 0.879. The summed E-state index contributed by atoms with van der Waals surface area (Å²) in [4.78, 5) is 0.